The van der Waals surface area contributed by atoms with Crippen LogP contribution in [0.3, 0.4) is 0 Å². The van der Waals surface area contributed by atoms with Gasteiger partial charge in [-0.3, -0.25) is 4.79 Å². The molecule has 0 aromatic heterocycles. The summed E-state index contributed by atoms with van der Waals surface area (Å²) in [6, 6.07) is 5.49. The smallest absolute Gasteiger partial charge is 0.193 e. The maximum atomic E-state index is 13.0. The van der Waals surface area contributed by atoms with Gasteiger partial charge in [-0.25, -0.2) is 0 Å². The van der Waals surface area contributed by atoms with E-state index in [1.54, 1.807) is 6.07 Å². The van der Waals surface area contributed by atoms with Crippen LogP contribution in [0.2, 0.25) is 5.02 Å². The summed E-state index contributed by atoms with van der Waals surface area (Å²) < 4.78 is 17.4. The molecule has 0 saturated carbocycles. The third kappa shape index (κ3) is 4.09. The molecule has 0 radical (unpaired) electrons. The summed E-state index contributed by atoms with van der Waals surface area (Å²) in [5.41, 5.74) is 3.49. The van der Waals surface area contributed by atoms with Crippen LogP contribution in [0.5, 0.6) is 0 Å². The summed E-state index contributed by atoms with van der Waals surface area (Å²) in [5, 5.41) is 0.661. The van der Waals surface area contributed by atoms with Crippen LogP contribution in [0.15, 0.2) is 53.6 Å². The lowest BCUT2D eigenvalue weighted by atomic mass is 9.97. The van der Waals surface area contributed by atoms with Crippen molar-refractivity contribution < 1.29 is 19.0 Å². The van der Waals surface area contributed by atoms with Gasteiger partial charge in [-0.15, -0.1) is 0 Å². The lowest BCUT2D eigenvalue weighted by Gasteiger charge is -2.18. The van der Waals surface area contributed by atoms with Gasteiger partial charge >= 0.3 is 0 Å². The Kier molecular flexibility index (Phi) is 5.08. The number of carbonyl (C=O) groups is 1. The van der Waals surface area contributed by atoms with Crippen LogP contribution >= 0.6 is 11.6 Å². The summed E-state index contributed by atoms with van der Waals surface area (Å²) in [6.45, 7) is 4.77. The molecular weight excluding hydrogens is 364 g/mol. The molecule has 1 heterocycles. The first-order chi connectivity index (χ1) is 12.9. The Morgan fingerprint density at radius 3 is 2.93 bits per heavy atom. The van der Waals surface area contributed by atoms with Crippen molar-refractivity contribution in [3.05, 3.63) is 69.8 Å². The molecule has 1 aromatic rings. The van der Waals surface area contributed by atoms with Crippen LogP contribution in [0.4, 0.5) is 0 Å². The number of hydrogen-bond donors (Lipinski definition) is 0. The highest BCUT2D eigenvalue weighted by atomic mass is 35.5. The average Bonchev–Trinajstić information content (AvgIpc) is 2.78. The number of aryl methyl sites for hydroxylation is 1. The normalized spacial score (nSPS) is 26.6. The van der Waals surface area contributed by atoms with Gasteiger partial charge in [0.1, 0.15) is 6.10 Å². The van der Waals surface area contributed by atoms with Gasteiger partial charge in [-0.1, -0.05) is 29.8 Å². The molecule has 2 aliphatic carbocycles. The van der Waals surface area contributed by atoms with E-state index < -0.39 is 5.79 Å². The van der Waals surface area contributed by atoms with Crippen molar-refractivity contribution in [2.75, 3.05) is 13.2 Å². The SMILES string of the molecule is CC1(C)OCC(COC2C=CC=C3C(=O)c4ccc(Cl)cc4CCC3=C2)O1. The minimum absolute atomic E-state index is 0.0463. The number of benzene rings is 1. The zero-order valence-electron chi connectivity index (χ0n) is 15.5. The molecule has 1 saturated heterocycles. The van der Waals surface area contributed by atoms with Crippen LogP contribution in [-0.2, 0) is 20.6 Å². The standard InChI is InChI=1S/C22H23ClO4/c1-22(2)26-13-18(27-22)12-25-17-4-3-5-19-15(11-17)7-6-14-10-16(23)8-9-20(14)21(19)24/h3-5,8-11,17-18H,6-7,12-13H2,1-2H3. The van der Waals surface area contributed by atoms with E-state index in [1.807, 2.05) is 50.3 Å². The summed E-state index contributed by atoms with van der Waals surface area (Å²) in [4.78, 5) is 13.0. The quantitative estimate of drug-likeness (QED) is 0.771. The lowest BCUT2D eigenvalue weighted by Crippen LogP contribution is -2.25. The van der Waals surface area contributed by atoms with Crippen molar-refractivity contribution >= 4 is 17.4 Å². The Morgan fingerprint density at radius 1 is 1.30 bits per heavy atom. The lowest BCUT2D eigenvalue weighted by molar-refractivity contribution is -0.145. The molecule has 1 aliphatic heterocycles. The highest BCUT2D eigenvalue weighted by molar-refractivity contribution is 6.31. The average molecular weight is 387 g/mol. The number of fused-ring (bicyclic) bond motifs is 2. The molecule has 3 aliphatic rings. The van der Waals surface area contributed by atoms with E-state index in [-0.39, 0.29) is 18.0 Å². The first kappa shape index (κ1) is 18.6. The predicted molar refractivity (Wildman–Crippen MR) is 104 cm³/mol. The van der Waals surface area contributed by atoms with Crippen LogP contribution in [-0.4, -0.2) is 37.0 Å². The van der Waals surface area contributed by atoms with Crippen LogP contribution < -0.4 is 0 Å². The first-order valence-corrected chi connectivity index (χ1v) is 9.65. The number of Topliss-reactive ketones (excluding diaryl/α,β-unsaturated/α-hetero) is 1. The van der Waals surface area contributed by atoms with E-state index in [0.29, 0.717) is 18.2 Å². The van der Waals surface area contributed by atoms with Gasteiger partial charge in [-0.2, -0.15) is 0 Å². The molecule has 1 fully saturated rings. The molecule has 27 heavy (non-hydrogen) atoms. The topological polar surface area (TPSA) is 44.8 Å². The van der Waals surface area contributed by atoms with Crippen molar-refractivity contribution in [2.45, 2.75) is 44.7 Å². The highest BCUT2D eigenvalue weighted by Crippen LogP contribution is 2.32. The van der Waals surface area contributed by atoms with Crippen molar-refractivity contribution in [1.29, 1.82) is 0 Å². The number of ketones is 1. The fourth-order valence-corrected chi connectivity index (χ4v) is 3.92. The first-order valence-electron chi connectivity index (χ1n) is 9.27. The maximum Gasteiger partial charge on any atom is 0.193 e. The van der Waals surface area contributed by atoms with Gasteiger partial charge in [0.2, 0.25) is 0 Å². The fraction of sp³-hybridized carbons (Fsp3) is 0.409. The Morgan fingerprint density at radius 2 is 2.15 bits per heavy atom. The van der Waals surface area contributed by atoms with Gasteiger partial charge < -0.3 is 14.2 Å². The molecule has 4 rings (SSSR count). The van der Waals surface area contributed by atoms with Crippen molar-refractivity contribution in [3.8, 4) is 0 Å². The zero-order chi connectivity index (χ0) is 19.0. The molecule has 5 heteroatoms. The summed E-state index contributed by atoms with van der Waals surface area (Å²) in [5.74, 6) is -0.508. The molecule has 0 bridgehead atoms. The van der Waals surface area contributed by atoms with Crippen molar-refractivity contribution in [1.82, 2.24) is 0 Å². The number of hydrogen-bond acceptors (Lipinski definition) is 4. The second-order valence-electron chi connectivity index (χ2n) is 7.54. The number of allylic oxidation sites excluding steroid dienone is 4. The molecule has 1 aromatic carbocycles. The molecule has 0 amide bonds. The van der Waals surface area contributed by atoms with Gasteiger partial charge in [0, 0.05) is 16.2 Å². The van der Waals surface area contributed by atoms with Gasteiger partial charge in [-0.05, 0) is 62.1 Å². The Labute approximate surface area is 164 Å². The Balaban J connectivity index is 1.50. The second kappa shape index (κ2) is 7.36. The molecule has 2 unspecified atom stereocenters. The van der Waals surface area contributed by atoms with E-state index >= 15 is 0 Å². The van der Waals surface area contributed by atoms with Crippen LogP contribution in [0.25, 0.3) is 0 Å². The predicted octanol–water partition coefficient (Wildman–Crippen LogP) is 4.43. The monoisotopic (exact) mass is 386 g/mol. The van der Waals surface area contributed by atoms with E-state index in [4.69, 9.17) is 25.8 Å². The Bertz CT molecular complexity index is 850. The third-order valence-corrected chi connectivity index (χ3v) is 5.27. The second-order valence-corrected chi connectivity index (χ2v) is 7.97. The summed E-state index contributed by atoms with van der Waals surface area (Å²) in [6.07, 6.45) is 9.09. The minimum atomic E-state index is -0.554. The number of ether oxygens (including phenoxy) is 3. The molecule has 142 valence electrons. The van der Waals surface area contributed by atoms with Crippen LogP contribution in [0.1, 0.15) is 36.2 Å². The Hall–Kier alpha value is -1.72. The van der Waals surface area contributed by atoms with Crippen molar-refractivity contribution in [2.24, 2.45) is 0 Å². The number of carbonyl (C=O) groups excluding carboxylic acids is 1. The summed E-state index contributed by atoms with van der Waals surface area (Å²) in [7, 11) is 0. The van der Waals surface area contributed by atoms with Crippen LogP contribution in [0, 0.1) is 0 Å². The number of rotatable bonds is 3. The minimum Gasteiger partial charge on any atom is -0.367 e. The number of halogens is 1. The largest absolute Gasteiger partial charge is 0.367 e. The van der Waals surface area contributed by atoms with E-state index in [2.05, 4.69) is 0 Å². The molecule has 0 N–H and O–H groups in total. The van der Waals surface area contributed by atoms with E-state index in [9.17, 15) is 4.79 Å². The highest BCUT2D eigenvalue weighted by Gasteiger charge is 2.33. The van der Waals surface area contributed by atoms with Crippen molar-refractivity contribution in [3.63, 3.8) is 0 Å². The third-order valence-electron chi connectivity index (χ3n) is 5.04. The summed E-state index contributed by atoms with van der Waals surface area (Å²) >= 11 is 6.11. The fourth-order valence-electron chi connectivity index (χ4n) is 3.72. The van der Waals surface area contributed by atoms with Gasteiger partial charge in [0.15, 0.2) is 11.6 Å². The molecule has 4 nitrogen and oxygen atoms in total. The van der Waals surface area contributed by atoms with Gasteiger partial charge in [0.25, 0.3) is 0 Å². The van der Waals surface area contributed by atoms with E-state index in [0.717, 1.165) is 35.1 Å². The maximum absolute atomic E-state index is 13.0. The molecular formula is C22H23ClO4. The molecule has 0 spiro atoms. The zero-order valence-corrected chi connectivity index (χ0v) is 16.3. The van der Waals surface area contributed by atoms with E-state index in [1.165, 1.54) is 0 Å². The van der Waals surface area contributed by atoms with Gasteiger partial charge in [0.05, 0.1) is 19.3 Å². The molecule has 2 atom stereocenters.